The number of amides is 2. The van der Waals surface area contributed by atoms with Gasteiger partial charge >= 0.3 is 6.03 Å². The van der Waals surface area contributed by atoms with E-state index >= 15 is 0 Å². The van der Waals surface area contributed by atoms with Crippen molar-refractivity contribution in [2.24, 2.45) is 0 Å². The Balaban J connectivity index is 1.61. The molecule has 0 aliphatic rings. The van der Waals surface area contributed by atoms with Crippen LogP contribution < -0.4 is 19.7 Å². The van der Waals surface area contributed by atoms with E-state index in [0.29, 0.717) is 15.9 Å². The number of thiazole rings is 1. The smallest absolute Gasteiger partial charge is 0.327 e. The molecule has 3 rings (SSSR count). The van der Waals surface area contributed by atoms with Crippen molar-refractivity contribution in [1.82, 2.24) is 9.29 Å². The monoisotopic (exact) mass is 433 g/mol. The van der Waals surface area contributed by atoms with Crippen LogP contribution in [0.3, 0.4) is 0 Å². The van der Waals surface area contributed by atoms with Gasteiger partial charge in [-0.25, -0.2) is 18.5 Å². The van der Waals surface area contributed by atoms with E-state index in [0.717, 1.165) is 22.7 Å². The number of hydrogen-bond donors (Lipinski definition) is 2. The van der Waals surface area contributed by atoms with Crippen molar-refractivity contribution in [3.05, 3.63) is 60.5 Å². The van der Waals surface area contributed by atoms with Gasteiger partial charge in [0.15, 0.2) is 5.13 Å². The summed E-state index contributed by atoms with van der Waals surface area (Å²) in [6.45, 7) is 0. The van der Waals surface area contributed by atoms with Gasteiger partial charge in [-0.15, -0.1) is 0 Å². The maximum absolute atomic E-state index is 13.3. The molecule has 0 saturated carbocycles. The van der Waals surface area contributed by atoms with E-state index in [1.165, 1.54) is 35.4 Å². The van der Waals surface area contributed by atoms with Crippen molar-refractivity contribution >= 4 is 46.0 Å². The molecule has 1 heterocycles. The van der Waals surface area contributed by atoms with Crippen LogP contribution in [0.15, 0.2) is 54.7 Å². The number of anilines is 3. The third kappa shape index (κ3) is 6.08. The largest absolute Gasteiger partial charge is 0.445 e. The van der Waals surface area contributed by atoms with E-state index in [9.17, 15) is 9.18 Å². The number of urea groups is 1. The molecule has 152 valence electrons. The standard InChI is InChI=1S/C19H20FN5O2S2/c1-24(2)29-23-14-7-5-8-15(11-14)25(3)19(26)22-18-21-12-17(28-18)27-16-9-4-6-13(20)10-16/h4-12,23H,1-3H3,(H,21,22,26). The minimum atomic E-state index is -0.386. The molecule has 0 atom stereocenters. The van der Waals surface area contributed by atoms with Crippen LogP contribution in [-0.4, -0.2) is 36.5 Å². The molecule has 10 heteroatoms. The Morgan fingerprint density at radius 1 is 1.17 bits per heavy atom. The number of hydrogen-bond acceptors (Lipinski definition) is 7. The first-order valence-electron chi connectivity index (χ1n) is 8.55. The van der Waals surface area contributed by atoms with E-state index in [2.05, 4.69) is 15.0 Å². The highest BCUT2D eigenvalue weighted by molar-refractivity contribution is 7.98. The summed E-state index contributed by atoms with van der Waals surface area (Å²) < 4.78 is 23.9. The van der Waals surface area contributed by atoms with Gasteiger partial charge in [0.1, 0.15) is 11.6 Å². The number of nitrogens with zero attached hydrogens (tertiary/aromatic N) is 3. The van der Waals surface area contributed by atoms with Crippen LogP contribution in [0, 0.1) is 5.82 Å². The van der Waals surface area contributed by atoms with Crippen LogP contribution in [0.4, 0.5) is 25.7 Å². The zero-order valence-corrected chi connectivity index (χ0v) is 17.7. The summed E-state index contributed by atoms with van der Waals surface area (Å²) in [5.74, 6) is -0.0218. The summed E-state index contributed by atoms with van der Waals surface area (Å²) in [5, 5.41) is 3.56. The van der Waals surface area contributed by atoms with Crippen LogP contribution in [0.25, 0.3) is 0 Å². The lowest BCUT2D eigenvalue weighted by molar-refractivity contribution is 0.258. The Morgan fingerprint density at radius 3 is 2.72 bits per heavy atom. The Morgan fingerprint density at radius 2 is 1.97 bits per heavy atom. The van der Waals surface area contributed by atoms with Crippen molar-refractivity contribution in [2.75, 3.05) is 36.1 Å². The van der Waals surface area contributed by atoms with Gasteiger partial charge in [0.25, 0.3) is 0 Å². The number of carbonyl (C=O) groups is 1. The van der Waals surface area contributed by atoms with E-state index in [1.54, 1.807) is 19.2 Å². The maximum atomic E-state index is 13.3. The number of halogens is 1. The third-order valence-electron chi connectivity index (χ3n) is 3.60. The molecule has 2 amide bonds. The number of ether oxygens (including phenoxy) is 1. The summed E-state index contributed by atoms with van der Waals surface area (Å²) >= 11 is 2.59. The predicted molar refractivity (Wildman–Crippen MR) is 117 cm³/mol. The number of nitrogens with one attached hydrogen (secondary N) is 2. The van der Waals surface area contributed by atoms with Crippen molar-refractivity contribution in [2.45, 2.75) is 0 Å². The molecule has 7 nitrogen and oxygen atoms in total. The van der Waals surface area contributed by atoms with E-state index in [-0.39, 0.29) is 11.8 Å². The number of aromatic nitrogens is 1. The van der Waals surface area contributed by atoms with Crippen molar-refractivity contribution < 1.29 is 13.9 Å². The van der Waals surface area contributed by atoms with Crippen LogP contribution in [0.2, 0.25) is 0 Å². The summed E-state index contributed by atoms with van der Waals surface area (Å²) in [5.41, 5.74) is 1.60. The first-order chi connectivity index (χ1) is 13.9. The van der Waals surface area contributed by atoms with Crippen LogP contribution in [0.5, 0.6) is 10.8 Å². The molecule has 0 aliphatic heterocycles. The fourth-order valence-electron chi connectivity index (χ4n) is 2.23. The normalized spacial score (nSPS) is 10.7. The minimum Gasteiger partial charge on any atom is -0.445 e. The Hall–Kier alpha value is -2.82. The molecule has 3 aromatic rings. The molecular weight excluding hydrogens is 413 g/mol. The van der Waals surface area contributed by atoms with Gasteiger partial charge in [-0.3, -0.25) is 10.2 Å². The lowest BCUT2D eigenvalue weighted by Crippen LogP contribution is -2.31. The molecule has 2 N–H and O–H groups in total. The molecule has 0 fully saturated rings. The minimum absolute atomic E-state index is 0.339. The average molecular weight is 434 g/mol. The summed E-state index contributed by atoms with van der Waals surface area (Å²) in [6.07, 6.45) is 1.48. The van der Waals surface area contributed by atoms with Gasteiger partial charge < -0.3 is 9.46 Å². The molecule has 0 bridgehead atoms. The van der Waals surface area contributed by atoms with Crippen molar-refractivity contribution in [3.8, 4) is 10.8 Å². The molecule has 0 saturated heterocycles. The van der Waals surface area contributed by atoms with E-state index in [1.807, 2.05) is 42.7 Å². The van der Waals surface area contributed by atoms with Crippen molar-refractivity contribution in [3.63, 3.8) is 0 Å². The van der Waals surface area contributed by atoms with Gasteiger partial charge in [0.05, 0.1) is 6.20 Å². The Labute approximate surface area is 176 Å². The second-order valence-electron chi connectivity index (χ2n) is 6.09. The van der Waals surface area contributed by atoms with E-state index in [4.69, 9.17) is 4.74 Å². The average Bonchev–Trinajstić information content (AvgIpc) is 3.12. The fourth-order valence-corrected chi connectivity index (χ4v) is 3.32. The Bertz CT molecular complexity index is 982. The predicted octanol–water partition coefficient (Wildman–Crippen LogP) is 5.28. The molecule has 29 heavy (non-hydrogen) atoms. The number of rotatable bonds is 7. The highest BCUT2D eigenvalue weighted by atomic mass is 32.2. The maximum Gasteiger partial charge on any atom is 0.327 e. The highest BCUT2D eigenvalue weighted by Crippen LogP contribution is 2.31. The molecular formula is C19H20FN5O2S2. The van der Waals surface area contributed by atoms with Crippen molar-refractivity contribution in [1.29, 1.82) is 0 Å². The molecule has 0 spiro atoms. The van der Waals surface area contributed by atoms with Gasteiger partial charge in [-0.1, -0.05) is 23.5 Å². The SMILES string of the molecule is CN(C)SNc1cccc(N(C)C(=O)Nc2ncc(Oc3cccc(F)c3)s2)c1. The first-order valence-corrected chi connectivity index (χ1v) is 10.1. The topological polar surface area (TPSA) is 69.7 Å². The molecule has 1 aromatic heterocycles. The molecule has 2 aromatic carbocycles. The van der Waals surface area contributed by atoms with Gasteiger partial charge in [0, 0.05) is 36.6 Å². The highest BCUT2D eigenvalue weighted by Gasteiger charge is 2.14. The van der Waals surface area contributed by atoms with Gasteiger partial charge in [-0.05, 0) is 44.4 Å². The second kappa shape index (κ2) is 9.59. The van der Waals surface area contributed by atoms with Gasteiger partial charge in [-0.2, -0.15) is 0 Å². The second-order valence-corrected chi connectivity index (χ2v) is 8.20. The zero-order valence-electron chi connectivity index (χ0n) is 16.0. The lowest BCUT2D eigenvalue weighted by Gasteiger charge is -2.18. The zero-order chi connectivity index (χ0) is 20.8. The molecule has 0 aliphatic carbocycles. The van der Waals surface area contributed by atoms with E-state index < -0.39 is 0 Å². The summed E-state index contributed by atoms with van der Waals surface area (Å²) in [6, 6.07) is 13.0. The third-order valence-corrected chi connectivity index (χ3v) is 5.08. The summed E-state index contributed by atoms with van der Waals surface area (Å²) in [7, 11) is 5.54. The fraction of sp³-hybridized carbons (Fsp3) is 0.158. The lowest BCUT2D eigenvalue weighted by atomic mass is 10.2. The van der Waals surface area contributed by atoms with Crippen LogP contribution in [0.1, 0.15) is 0 Å². The Kier molecular flexibility index (Phi) is 6.91. The number of benzene rings is 2. The number of carbonyl (C=O) groups excluding carboxylic acids is 1. The summed E-state index contributed by atoms with van der Waals surface area (Å²) in [4.78, 5) is 18.2. The van der Waals surface area contributed by atoms with Crippen LogP contribution >= 0.6 is 23.5 Å². The molecule has 0 radical (unpaired) electrons. The quantitative estimate of drug-likeness (QED) is 0.494. The van der Waals surface area contributed by atoms with Gasteiger partial charge in [0.2, 0.25) is 5.06 Å². The molecule has 0 unspecified atom stereocenters. The first kappa shape index (κ1) is 20.9. The van der Waals surface area contributed by atoms with Crippen LogP contribution in [-0.2, 0) is 0 Å².